The first-order chi connectivity index (χ1) is 12.2. The van der Waals surface area contributed by atoms with Crippen LogP contribution in [0.2, 0.25) is 0 Å². The fraction of sp³-hybridized carbons (Fsp3) is 0.100. The molecule has 3 rings (SSSR count). The molecule has 1 N–H and O–H groups in total. The highest BCUT2D eigenvalue weighted by Crippen LogP contribution is 2.32. The lowest BCUT2D eigenvalue weighted by atomic mass is 10.0. The number of hydrogen-bond acceptors (Lipinski definition) is 4. The van der Waals surface area contributed by atoms with Crippen molar-refractivity contribution in [1.29, 1.82) is 5.26 Å². The average Bonchev–Trinajstić information content (AvgIpc) is 3.10. The number of nitrogens with one attached hydrogen (secondary N) is 1. The second kappa shape index (κ2) is 7.37. The summed E-state index contributed by atoms with van der Waals surface area (Å²) in [6, 6.07) is 17.4. The molecule has 2 aromatic carbocycles. The van der Waals surface area contributed by atoms with Gasteiger partial charge in [0.25, 0.3) is 0 Å². The highest BCUT2D eigenvalue weighted by Gasteiger charge is 2.13. The maximum atomic E-state index is 8.75. The van der Waals surface area contributed by atoms with Crippen LogP contribution >= 0.6 is 0 Å². The molecule has 0 spiro atoms. The molecule has 1 heterocycles. The SMILES string of the molecule is COc1ccc(-c2nc(/C=C/C#N)[nH]c2-c2ccc(OC)cc2)cc1. The van der Waals surface area contributed by atoms with Crippen LogP contribution in [0, 0.1) is 11.3 Å². The quantitative estimate of drug-likeness (QED) is 0.708. The molecule has 0 amide bonds. The normalized spacial score (nSPS) is 10.6. The molecule has 0 unspecified atom stereocenters. The Morgan fingerprint density at radius 2 is 1.48 bits per heavy atom. The number of nitrogens with zero attached hydrogens (tertiary/aromatic N) is 2. The van der Waals surface area contributed by atoms with E-state index in [9.17, 15) is 0 Å². The molecule has 0 aliphatic rings. The Labute approximate surface area is 146 Å². The summed E-state index contributed by atoms with van der Waals surface area (Å²) in [7, 11) is 3.27. The molecule has 0 saturated heterocycles. The molecular formula is C20H17N3O2. The van der Waals surface area contributed by atoms with Crippen LogP contribution in [-0.4, -0.2) is 24.2 Å². The van der Waals surface area contributed by atoms with Gasteiger partial charge in [-0.3, -0.25) is 0 Å². The first-order valence-corrected chi connectivity index (χ1v) is 7.70. The van der Waals surface area contributed by atoms with E-state index in [1.807, 2.05) is 54.6 Å². The second-order valence-corrected chi connectivity index (χ2v) is 5.27. The van der Waals surface area contributed by atoms with Crippen molar-refractivity contribution >= 4 is 6.08 Å². The number of nitriles is 1. The van der Waals surface area contributed by atoms with Crippen LogP contribution < -0.4 is 9.47 Å². The third-order valence-electron chi connectivity index (χ3n) is 3.78. The first kappa shape index (κ1) is 16.3. The monoisotopic (exact) mass is 331 g/mol. The number of rotatable bonds is 5. The van der Waals surface area contributed by atoms with E-state index in [2.05, 4.69) is 9.97 Å². The maximum Gasteiger partial charge on any atom is 0.131 e. The molecule has 0 saturated carbocycles. The van der Waals surface area contributed by atoms with Gasteiger partial charge in [0, 0.05) is 17.2 Å². The van der Waals surface area contributed by atoms with E-state index in [1.165, 1.54) is 6.08 Å². The Morgan fingerprint density at radius 3 is 2.00 bits per heavy atom. The van der Waals surface area contributed by atoms with Crippen LogP contribution in [-0.2, 0) is 0 Å². The van der Waals surface area contributed by atoms with E-state index in [0.717, 1.165) is 34.0 Å². The van der Waals surface area contributed by atoms with Crippen molar-refractivity contribution < 1.29 is 9.47 Å². The Kier molecular flexibility index (Phi) is 4.82. The summed E-state index contributed by atoms with van der Waals surface area (Å²) in [6.07, 6.45) is 3.05. The van der Waals surface area contributed by atoms with E-state index in [-0.39, 0.29) is 0 Å². The highest BCUT2D eigenvalue weighted by atomic mass is 16.5. The lowest BCUT2D eigenvalue weighted by Crippen LogP contribution is -1.87. The van der Waals surface area contributed by atoms with Crippen LogP contribution in [0.25, 0.3) is 28.6 Å². The Morgan fingerprint density at radius 1 is 0.920 bits per heavy atom. The van der Waals surface area contributed by atoms with E-state index in [1.54, 1.807) is 20.3 Å². The zero-order valence-electron chi connectivity index (χ0n) is 14.0. The van der Waals surface area contributed by atoms with Crippen molar-refractivity contribution in [2.45, 2.75) is 0 Å². The van der Waals surface area contributed by atoms with Crippen molar-refractivity contribution in [2.24, 2.45) is 0 Å². The summed E-state index contributed by atoms with van der Waals surface area (Å²) in [5.41, 5.74) is 3.63. The summed E-state index contributed by atoms with van der Waals surface area (Å²) in [5.74, 6) is 2.20. The minimum absolute atomic E-state index is 0.623. The van der Waals surface area contributed by atoms with Crippen molar-refractivity contribution in [2.75, 3.05) is 14.2 Å². The number of aromatic amines is 1. The number of H-pyrrole nitrogens is 1. The van der Waals surface area contributed by atoms with Crippen LogP contribution in [0.5, 0.6) is 11.5 Å². The molecule has 0 bridgehead atoms. The van der Waals surface area contributed by atoms with E-state index >= 15 is 0 Å². The molecule has 3 aromatic rings. The van der Waals surface area contributed by atoms with E-state index in [4.69, 9.17) is 14.7 Å². The summed E-state index contributed by atoms with van der Waals surface area (Å²) < 4.78 is 10.4. The average molecular weight is 331 g/mol. The molecular weight excluding hydrogens is 314 g/mol. The van der Waals surface area contributed by atoms with Gasteiger partial charge in [-0.25, -0.2) is 4.98 Å². The van der Waals surface area contributed by atoms with Gasteiger partial charge >= 0.3 is 0 Å². The zero-order valence-corrected chi connectivity index (χ0v) is 14.0. The summed E-state index contributed by atoms with van der Waals surface area (Å²) in [4.78, 5) is 7.90. The Balaban J connectivity index is 2.09. The van der Waals surface area contributed by atoms with Crippen LogP contribution in [0.3, 0.4) is 0 Å². The molecule has 0 aliphatic heterocycles. The summed E-state index contributed by atoms with van der Waals surface area (Å²) in [6.45, 7) is 0. The number of imidazole rings is 1. The highest BCUT2D eigenvalue weighted by molar-refractivity contribution is 5.80. The molecule has 5 heteroatoms. The number of benzene rings is 2. The first-order valence-electron chi connectivity index (χ1n) is 7.70. The molecule has 0 radical (unpaired) electrons. The van der Waals surface area contributed by atoms with Gasteiger partial charge in [-0.05, 0) is 54.6 Å². The van der Waals surface area contributed by atoms with Gasteiger partial charge < -0.3 is 14.5 Å². The lowest BCUT2D eigenvalue weighted by molar-refractivity contribution is 0.414. The number of hydrogen-bond donors (Lipinski definition) is 1. The van der Waals surface area contributed by atoms with Crippen molar-refractivity contribution in [3.05, 3.63) is 60.4 Å². The second-order valence-electron chi connectivity index (χ2n) is 5.27. The molecule has 25 heavy (non-hydrogen) atoms. The Hall–Kier alpha value is -3.52. The smallest absolute Gasteiger partial charge is 0.131 e. The van der Waals surface area contributed by atoms with Crippen molar-refractivity contribution in [3.8, 4) is 40.1 Å². The standard InChI is InChI=1S/C20H17N3O2/c1-24-16-9-5-14(6-10-16)19-20(23-18(22-19)4-3-13-21)15-7-11-17(25-2)12-8-15/h3-12H,1-2H3,(H,22,23)/b4-3+. The molecule has 1 aromatic heterocycles. The largest absolute Gasteiger partial charge is 0.497 e. The van der Waals surface area contributed by atoms with Gasteiger partial charge in [0.15, 0.2) is 0 Å². The fourth-order valence-corrected chi connectivity index (χ4v) is 2.51. The number of methoxy groups -OCH3 is 2. The van der Waals surface area contributed by atoms with Gasteiger partial charge in [-0.1, -0.05) is 0 Å². The van der Waals surface area contributed by atoms with Gasteiger partial charge in [0.1, 0.15) is 17.3 Å². The fourth-order valence-electron chi connectivity index (χ4n) is 2.51. The summed E-state index contributed by atoms with van der Waals surface area (Å²) in [5, 5.41) is 8.75. The Bertz CT molecular complexity index is 852. The molecule has 0 aliphatic carbocycles. The van der Waals surface area contributed by atoms with Crippen LogP contribution in [0.1, 0.15) is 5.82 Å². The van der Waals surface area contributed by atoms with E-state index < -0.39 is 0 Å². The van der Waals surface area contributed by atoms with Gasteiger partial charge in [0.2, 0.25) is 0 Å². The third-order valence-corrected chi connectivity index (χ3v) is 3.78. The number of allylic oxidation sites excluding steroid dienone is 1. The van der Waals surface area contributed by atoms with Gasteiger partial charge in [0.05, 0.1) is 31.7 Å². The maximum absolute atomic E-state index is 8.75. The number of aromatic nitrogens is 2. The minimum atomic E-state index is 0.623. The minimum Gasteiger partial charge on any atom is -0.497 e. The predicted octanol–water partition coefficient (Wildman–Crippen LogP) is 4.30. The molecule has 0 fully saturated rings. The van der Waals surface area contributed by atoms with Gasteiger partial charge in [-0.2, -0.15) is 5.26 Å². The van der Waals surface area contributed by atoms with Crippen molar-refractivity contribution in [3.63, 3.8) is 0 Å². The zero-order chi connectivity index (χ0) is 17.6. The van der Waals surface area contributed by atoms with Crippen LogP contribution in [0.4, 0.5) is 0 Å². The predicted molar refractivity (Wildman–Crippen MR) is 97.2 cm³/mol. The molecule has 5 nitrogen and oxygen atoms in total. The third kappa shape index (κ3) is 3.54. The number of ether oxygens (including phenoxy) is 2. The van der Waals surface area contributed by atoms with E-state index in [0.29, 0.717) is 5.82 Å². The van der Waals surface area contributed by atoms with Crippen LogP contribution in [0.15, 0.2) is 54.6 Å². The topological polar surface area (TPSA) is 70.9 Å². The van der Waals surface area contributed by atoms with Gasteiger partial charge in [-0.15, -0.1) is 0 Å². The lowest BCUT2D eigenvalue weighted by Gasteiger charge is -2.06. The summed E-state index contributed by atoms with van der Waals surface area (Å²) >= 11 is 0. The molecule has 124 valence electrons. The van der Waals surface area contributed by atoms with Crippen molar-refractivity contribution in [1.82, 2.24) is 9.97 Å². The molecule has 0 atom stereocenters.